The van der Waals surface area contributed by atoms with Gasteiger partial charge in [-0.2, -0.15) is 5.10 Å². The minimum atomic E-state index is 0.590. The molecule has 1 aliphatic rings. The van der Waals surface area contributed by atoms with Crippen molar-refractivity contribution < 1.29 is 0 Å². The van der Waals surface area contributed by atoms with Crippen molar-refractivity contribution in [3.63, 3.8) is 0 Å². The number of hydrogen-bond donors (Lipinski definition) is 1. The molecule has 0 bridgehead atoms. The van der Waals surface area contributed by atoms with Crippen LogP contribution in [0.25, 0.3) is 0 Å². The minimum Gasteiger partial charge on any atom is -0.253 e. The van der Waals surface area contributed by atoms with E-state index in [0.717, 1.165) is 11.6 Å². The van der Waals surface area contributed by atoms with E-state index in [4.69, 9.17) is 0 Å². The van der Waals surface area contributed by atoms with Crippen molar-refractivity contribution in [2.24, 2.45) is 11.0 Å². The van der Waals surface area contributed by atoms with Crippen molar-refractivity contribution >= 4 is 22.7 Å². The molecule has 0 spiro atoms. The molecule has 4 heteroatoms. The van der Waals surface area contributed by atoms with Gasteiger partial charge in [0.2, 0.25) is 5.13 Å². The van der Waals surface area contributed by atoms with Crippen molar-refractivity contribution in [1.82, 2.24) is 4.98 Å². The van der Waals surface area contributed by atoms with E-state index in [1.165, 1.54) is 12.8 Å². The Hall–Kier alpha value is -1.16. The van der Waals surface area contributed by atoms with Gasteiger partial charge >= 0.3 is 0 Å². The molecule has 1 aliphatic carbocycles. The molecule has 3 nitrogen and oxygen atoms in total. The Balaban J connectivity index is 1.79. The van der Waals surface area contributed by atoms with Crippen LogP contribution in [0.15, 0.2) is 28.8 Å². The molecule has 1 atom stereocenters. The highest BCUT2D eigenvalue weighted by Crippen LogP contribution is 2.16. The van der Waals surface area contributed by atoms with Crippen LogP contribution < -0.4 is 5.43 Å². The summed E-state index contributed by atoms with van der Waals surface area (Å²) in [5.74, 6) is 0.590. The zero-order valence-electron chi connectivity index (χ0n) is 7.89. The van der Waals surface area contributed by atoms with E-state index in [9.17, 15) is 0 Å². The van der Waals surface area contributed by atoms with E-state index in [1.807, 2.05) is 11.6 Å². The molecule has 74 valence electrons. The molecule has 1 unspecified atom stereocenters. The highest BCUT2D eigenvalue weighted by atomic mass is 32.1. The van der Waals surface area contributed by atoms with Crippen molar-refractivity contribution in [2.75, 3.05) is 5.43 Å². The second kappa shape index (κ2) is 4.91. The zero-order chi connectivity index (χ0) is 9.64. The predicted octanol–water partition coefficient (Wildman–Crippen LogP) is 2.90. The van der Waals surface area contributed by atoms with E-state index in [-0.39, 0.29) is 0 Å². The smallest absolute Gasteiger partial charge is 0.203 e. The largest absolute Gasteiger partial charge is 0.253 e. The van der Waals surface area contributed by atoms with Gasteiger partial charge < -0.3 is 0 Å². The predicted molar refractivity (Wildman–Crippen MR) is 60.7 cm³/mol. The van der Waals surface area contributed by atoms with Gasteiger partial charge in [-0.15, -0.1) is 11.3 Å². The number of nitrogens with zero attached hydrogens (tertiary/aromatic N) is 2. The van der Waals surface area contributed by atoms with Crippen LogP contribution in [0, 0.1) is 5.92 Å². The van der Waals surface area contributed by atoms with Gasteiger partial charge in [-0.25, -0.2) is 4.98 Å². The summed E-state index contributed by atoms with van der Waals surface area (Å²) in [5.41, 5.74) is 2.92. The lowest BCUT2D eigenvalue weighted by atomic mass is 9.96. The van der Waals surface area contributed by atoms with Crippen LogP contribution in [0.2, 0.25) is 0 Å². The Morgan fingerprint density at radius 1 is 1.57 bits per heavy atom. The summed E-state index contributed by atoms with van der Waals surface area (Å²) in [4.78, 5) is 4.08. The maximum absolute atomic E-state index is 4.18. The molecule has 1 aromatic heterocycles. The molecule has 0 aliphatic heterocycles. The fourth-order valence-electron chi connectivity index (χ4n) is 1.43. The summed E-state index contributed by atoms with van der Waals surface area (Å²) in [6.07, 6.45) is 11.7. The molecule has 0 saturated heterocycles. The van der Waals surface area contributed by atoms with Gasteiger partial charge in [-0.1, -0.05) is 12.2 Å². The van der Waals surface area contributed by atoms with Gasteiger partial charge in [0.05, 0.1) is 0 Å². The summed E-state index contributed by atoms with van der Waals surface area (Å²) < 4.78 is 0. The summed E-state index contributed by atoms with van der Waals surface area (Å²) >= 11 is 1.56. The first kappa shape index (κ1) is 9.40. The van der Waals surface area contributed by atoms with Gasteiger partial charge in [0.15, 0.2) is 0 Å². The average Bonchev–Trinajstić information content (AvgIpc) is 2.72. The third kappa shape index (κ3) is 2.67. The topological polar surface area (TPSA) is 37.3 Å². The van der Waals surface area contributed by atoms with Gasteiger partial charge in [-0.3, -0.25) is 5.43 Å². The Bertz CT molecular complexity index is 316. The molecule has 0 amide bonds. The standard InChI is InChI=1S/C10H13N3S/c1-2-4-9(5-3-1)8-12-13-10-11-6-7-14-10/h1-2,6-9H,3-5H2,(H,11,13). The van der Waals surface area contributed by atoms with Crippen LogP contribution in [-0.2, 0) is 0 Å². The second-order valence-electron chi connectivity index (χ2n) is 3.27. The number of rotatable bonds is 3. The van der Waals surface area contributed by atoms with Gasteiger partial charge in [0.25, 0.3) is 0 Å². The molecule has 0 saturated carbocycles. The van der Waals surface area contributed by atoms with Crippen molar-refractivity contribution in [1.29, 1.82) is 0 Å². The molecule has 0 fully saturated rings. The summed E-state index contributed by atoms with van der Waals surface area (Å²) in [5, 5.41) is 6.96. The highest BCUT2D eigenvalue weighted by Gasteiger charge is 2.05. The molecule has 2 rings (SSSR count). The van der Waals surface area contributed by atoms with E-state index in [2.05, 4.69) is 27.7 Å². The quantitative estimate of drug-likeness (QED) is 0.470. The van der Waals surface area contributed by atoms with Gasteiger partial charge in [-0.05, 0) is 25.2 Å². The number of allylic oxidation sites excluding steroid dienone is 2. The minimum absolute atomic E-state index is 0.590. The van der Waals surface area contributed by atoms with Crippen LogP contribution >= 0.6 is 11.3 Å². The zero-order valence-corrected chi connectivity index (χ0v) is 8.70. The molecule has 0 radical (unpaired) electrons. The first-order chi connectivity index (χ1) is 6.95. The van der Waals surface area contributed by atoms with E-state index >= 15 is 0 Å². The first-order valence-electron chi connectivity index (χ1n) is 4.79. The Morgan fingerprint density at radius 3 is 3.29 bits per heavy atom. The van der Waals surface area contributed by atoms with Crippen molar-refractivity contribution in [3.05, 3.63) is 23.7 Å². The van der Waals surface area contributed by atoms with E-state index in [0.29, 0.717) is 5.92 Å². The van der Waals surface area contributed by atoms with Crippen LogP contribution in [-0.4, -0.2) is 11.2 Å². The monoisotopic (exact) mass is 207 g/mol. The highest BCUT2D eigenvalue weighted by molar-refractivity contribution is 7.13. The lowest BCUT2D eigenvalue weighted by Gasteiger charge is -2.11. The maximum Gasteiger partial charge on any atom is 0.203 e. The van der Waals surface area contributed by atoms with E-state index < -0.39 is 0 Å². The number of thiazole rings is 1. The fourth-order valence-corrected chi connectivity index (χ4v) is 1.91. The number of hydrazone groups is 1. The van der Waals surface area contributed by atoms with Gasteiger partial charge in [0, 0.05) is 17.8 Å². The Kier molecular flexibility index (Phi) is 3.29. The molecule has 1 aromatic rings. The van der Waals surface area contributed by atoms with Gasteiger partial charge in [0.1, 0.15) is 0 Å². The summed E-state index contributed by atoms with van der Waals surface area (Å²) in [6, 6.07) is 0. The SMILES string of the molecule is C1=CCC(C=NNc2nccs2)CC1. The second-order valence-corrected chi connectivity index (χ2v) is 4.17. The number of anilines is 1. The maximum atomic E-state index is 4.18. The van der Waals surface area contributed by atoms with Crippen LogP contribution in [0.5, 0.6) is 0 Å². The van der Waals surface area contributed by atoms with Crippen LogP contribution in [0.1, 0.15) is 19.3 Å². The van der Waals surface area contributed by atoms with E-state index in [1.54, 1.807) is 17.5 Å². The van der Waals surface area contributed by atoms with Crippen LogP contribution in [0.4, 0.5) is 5.13 Å². The molecular formula is C10H13N3S. The number of nitrogens with one attached hydrogen (secondary N) is 1. The first-order valence-corrected chi connectivity index (χ1v) is 5.67. The molecule has 14 heavy (non-hydrogen) atoms. The van der Waals surface area contributed by atoms with Crippen molar-refractivity contribution in [3.8, 4) is 0 Å². The number of hydrogen-bond acceptors (Lipinski definition) is 4. The molecule has 1 N–H and O–H groups in total. The number of aromatic nitrogens is 1. The average molecular weight is 207 g/mol. The van der Waals surface area contributed by atoms with Crippen molar-refractivity contribution in [2.45, 2.75) is 19.3 Å². The summed E-state index contributed by atoms with van der Waals surface area (Å²) in [7, 11) is 0. The third-order valence-electron chi connectivity index (χ3n) is 2.19. The summed E-state index contributed by atoms with van der Waals surface area (Å²) in [6.45, 7) is 0. The lowest BCUT2D eigenvalue weighted by Crippen LogP contribution is -2.04. The molecular weight excluding hydrogens is 194 g/mol. The lowest BCUT2D eigenvalue weighted by molar-refractivity contribution is 0.627. The normalized spacial score (nSPS) is 21.6. The Morgan fingerprint density at radius 2 is 2.57 bits per heavy atom. The third-order valence-corrected chi connectivity index (χ3v) is 2.87. The van der Waals surface area contributed by atoms with Crippen LogP contribution in [0.3, 0.4) is 0 Å². The molecule has 0 aromatic carbocycles. The molecule has 1 heterocycles. The fraction of sp³-hybridized carbons (Fsp3) is 0.400. The Labute approximate surface area is 87.6 Å².